The monoisotopic (exact) mass is 763 g/mol. The second-order valence-corrected chi connectivity index (χ2v) is 15.1. The van der Waals surface area contributed by atoms with E-state index in [4.69, 9.17) is 30.5 Å². The number of hydrogen-bond acceptors (Lipinski definition) is 8. The van der Waals surface area contributed by atoms with Crippen LogP contribution in [0.4, 0.5) is 5.69 Å². The number of nitrogens with zero attached hydrogens (tertiary/aromatic N) is 2. The number of benzene rings is 4. The van der Waals surface area contributed by atoms with Gasteiger partial charge in [-0.2, -0.15) is 0 Å². The Kier molecular flexibility index (Phi) is 13.5. The molecule has 0 heterocycles. The number of halogens is 1. The molecular formula is C40H46ClN3O8S. The molecule has 0 aromatic heterocycles. The number of sulfonamides is 1. The van der Waals surface area contributed by atoms with Crippen LogP contribution in [0.3, 0.4) is 0 Å². The largest absolute Gasteiger partial charge is 0.497 e. The van der Waals surface area contributed by atoms with E-state index in [2.05, 4.69) is 5.32 Å². The summed E-state index contributed by atoms with van der Waals surface area (Å²) in [5.41, 5.74) is 1.57. The van der Waals surface area contributed by atoms with Crippen LogP contribution in [0.1, 0.15) is 43.2 Å². The molecule has 5 rings (SSSR count). The van der Waals surface area contributed by atoms with Gasteiger partial charge in [0, 0.05) is 30.1 Å². The molecule has 1 aliphatic rings. The van der Waals surface area contributed by atoms with Crippen molar-refractivity contribution in [2.24, 2.45) is 0 Å². The highest BCUT2D eigenvalue weighted by Crippen LogP contribution is 2.37. The summed E-state index contributed by atoms with van der Waals surface area (Å²) >= 11 is 6.44. The predicted molar refractivity (Wildman–Crippen MR) is 205 cm³/mol. The van der Waals surface area contributed by atoms with Crippen molar-refractivity contribution >= 4 is 39.1 Å². The quantitative estimate of drug-likeness (QED) is 0.135. The zero-order chi connectivity index (χ0) is 38.0. The first-order chi connectivity index (χ1) is 25.6. The first-order valence-electron chi connectivity index (χ1n) is 17.4. The lowest BCUT2D eigenvalue weighted by Gasteiger charge is -2.35. The van der Waals surface area contributed by atoms with Crippen molar-refractivity contribution in [3.63, 3.8) is 0 Å². The lowest BCUT2D eigenvalue weighted by atomic mass is 9.94. The number of carbonyl (C=O) groups excluding carboxylic acids is 2. The highest BCUT2D eigenvalue weighted by atomic mass is 35.5. The van der Waals surface area contributed by atoms with E-state index in [1.165, 1.54) is 56.6 Å². The Balaban J connectivity index is 1.63. The molecule has 1 aliphatic carbocycles. The van der Waals surface area contributed by atoms with Crippen molar-refractivity contribution in [1.82, 2.24) is 10.2 Å². The summed E-state index contributed by atoms with van der Waals surface area (Å²) in [7, 11) is 1.28. The van der Waals surface area contributed by atoms with Crippen molar-refractivity contribution < 1.29 is 37.0 Å². The summed E-state index contributed by atoms with van der Waals surface area (Å²) in [6.07, 6.45) is 5.01. The fraction of sp³-hybridized carbons (Fsp3) is 0.350. The molecule has 0 radical (unpaired) electrons. The molecule has 0 spiro atoms. The maximum atomic E-state index is 15.0. The van der Waals surface area contributed by atoms with Crippen molar-refractivity contribution in [2.45, 2.75) is 62.0 Å². The molecule has 1 N–H and O–H groups in total. The van der Waals surface area contributed by atoms with Gasteiger partial charge in [0.05, 0.1) is 39.0 Å². The van der Waals surface area contributed by atoms with Gasteiger partial charge in [-0.05, 0) is 66.4 Å². The SMILES string of the molecule is COc1cccc(CN(C(=O)CN(c2cc(Cl)ccc2OC)S(=O)(=O)c2ccc(OC)c(OC)c2)[C@@H](Cc2ccccc2)C(=O)NC2CCCCC2)c1. The van der Waals surface area contributed by atoms with Gasteiger partial charge in [-0.3, -0.25) is 13.9 Å². The molecule has 0 bridgehead atoms. The van der Waals surface area contributed by atoms with Gasteiger partial charge in [0.2, 0.25) is 11.8 Å². The van der Waals surface area contributed by atoms with Crippen molar-refractivity contribution in [3.05, 3.63) is 107 Å². The van der Waals surface area contributed by atoms with E-state index in [1.54, 1.807) is 31.4 Å². The van der Waals surface area contributed by atoms with E-state index in [-0.39, 0.29) is 52.0 Å². The summed E-state index contributed by atoms with van der Waals surface area (Å²) in [4.78, 5) is 30.7. The van der Waals surface area contributed by atoms with Crippen LogP contribution < -0.4 is 28.6 Å². The van der Waals surface area contributed by atoms with Gasteiger partial charge in [0.1, 0.15) is 24.1 Å². The minimum atomic E-state index is -4.51. The van der Waals surface area contributed by atoms with Crippen LogP contribution in [0.25, 0.3) is 0 Å². The number of ether oxygens (including phenoxy) is 4. The number of hydrogen-bond donors (Lipinski definition) is 1. The van der Waals surface area contributed by atoms with Crippen LogP contribution >= 0.6 is 11.6 Å². The zero-order valence-corrected chi connectivity index (χ0v) is 32.0. The zero-order valence-electron chi connectivity index (χ0n) is 30.4. The fourth-order valence-corrected chi connectivity index (χ4v) is 8.14. The Hall–Kier alpha value is -4.94. The van der Waals surface area contributed by atoms with E-state index in [0.717, 1.165) is 42.0 Å². The molecule has 0 unspecified atom stereocenters. The van der Waals surface area contributed by atoms with Gasteiger partial charge in [-0.1, -0.05) is 73.3 Å². The maximum absolute atomic E-state index is 15.0. The molecule has 4 aromatic rings. The third-order valence-corrected chi connectivity index (χ3v) is 11.3. The Morgan fingerprint density at radius 3 is 2.13 bits per heavy atom. The fourth-order valence-electron chi connectivity index (χ4n) is 6.54. The topological polar surface area (TPSA) is 124 Å². The van der Waals surface area contributed by atoms with E-state index in [0.29, 0.717) is 17.1 Å². The normalized spacial score (nSPS) is 13.8. The van der Waals surface area contributed by atoms with E-state index in [9.17, 15) is 18.0 Å². The third-order valence-electron chi connectivity index (χ3n) is 9.34. The minimum Gasteiger partial charge on any atom is -0.497 e. The molecule has 0 saturated heterocycles. The van der Waals surface area contributed by atoms with Crippen LogP contribution in [-0.2, 0) is 32.6 Å². The van der Waals surface area contributed by atoms with Crippen molar-refractivity contribution in [3.8, 4) is 23.0 Å². The number of carbonyl (C=O) groups is 2. The molecule has 1 atom stereocenters. The summed E-state index contributed by atoms with van der Waals surface area (Å²) < 4.78 is 52.2. The van der Waals surface area contributed by atoms with E-state index < -0.39 is 28.5 Å². The van der Waals surface area contributed by atoms with Crippen LogP contribution in [0, 0.1) is 0 Å². The van der Waals surface area contributed by atoms with Crippen molar-refractivity contribution in [1.29, 1.82) is 0 Å². The smallest absolute Gasteiger partial charge is 0.265 e. The van der Waals surface area contributed by atoms with Crippen LogP contribution in [0.5, 0.6) is 23.0 Å². The van der Waals surface area contributed by atoms with E-state index >= 15 is 0 Å². The molecular weight excluding hydrogens is 718 g/mol. The lowest BCUT2D eigenvalue weighted by molar-refractivity contribution is -0.140. The van der Waals surface area contributed by atoms with Gasteiger partial charge < -0.3 is 29.2 Å². The van der Waals surface area contributed by atoms with Crippen LogP contribution in [0.2, 0.25) is 5.02 Å². The molecule has 11 nitrogen and oxygen atoms in total. The third kappa shape index (κ3) is 9.74. The molecule has 53 heavy (non-hydrogen) atoms. The van der Waals surface area contributed by atoms with Crippen molar-refractivity contribution in [2.75, 3.05) is 39.3 Å². The van der Waals surface area contributed by atoms with Gasteiger partial charge in [-0.15, -0.1) is 0 Å². The standard InChI is InChI=1S/C40H46ClN3O8S/c1-49-32-17-11-14-29(22-32)26-43(35(23-28-12-7-5-8-13-28)40(46)42-31-15-9-6-10-16-31)39(45)27-44(34-24-30(41)18-20-36(34)50-2)53(47,48)33-19-21-37(51-3)38(25-33)52-4/h5,7-8,11-14,17-22,24-25,31,35H,6,9-10,15-16,23,26-27H2,1-4H3,(H,42,46)/t35-/m0/s1. The summed E-state index contributed by atoms with van der Waals surface area (Å²) in [5.74, 6) is 0.306. The minimum absolute atomic E-state index is 0.0114. The Bertz CT molecular complexity index is 1970. The molecule has 1 saturated carbocycles. The molecule has 0 aliphatic heterocycles. The second-order valence-electron chi connectivity index (χ2n) is 12.8. The van der Waals surface area contributed by atoms with Gasteiger partial charge in [0.25, 0.3) is 10.0 Å². The Labute approximate surface area is 316 Å². The summed E-state index contributed by atoms with van der Waals surface area (Å²) in [6, 6.07) is 24.3. The summed E-state index contributed by atoms with van der Waals surface area (Å²) in [5, 5.41) is 3.45. The van der Waals surface area contributed by atoms with Crippen LogP contribution in [0.15, 0.2) is 95.9 Å². The van der Waals surface area contributed by atoms with Gasteiger partial charge >= 0.3 is 0 Å². The average Bonchev–Trinajstić information content (AvgIpc) is 3.18. The number of amides is 2. The summed E-state index contributed by atoms with van der Waals surface area (Å²) in [6.45, 7) is -0.706. The Morgan fingerprint density at radius 2 is 1.45 bits per heavy atom. The first-order valence-corrected chi connectivity index (χ1v) is 19.2. The Morgan fingerprint density at radius 1 is 0.774 bits per heavy atom. The predicted octanol–water partition coefficient (Wildman–Crippen LogP) is 6.66. The molecule has 4 aromatic carbocycles. The van der Waals surface area contributed by atoms with Gasteiger partial charge in [-0.25, -0.2) is 8.42 Å². The van der Waals surface area contributed by atoms with Gasteiger partial charge in [0.15, 0.2) is 11.5 Å². The van der Waals surface area contributed by atoms with Crippen LogP contribution in [-0.4, -0.2) is 72.2 Å². The number of nitrogens with one attached hydrogen (secondary N) is 1. The first kappa shape index (κ1) is 39.3. The lowest BCUT2D eigenvalue weighted by Crippen LogP contribution is -2.55. The number of methoxy groups -OCH3 is 4. The van der Waals surface area contributed by atoms with E-state index in [1.807, 2.05) is 36.4 Å². The average molecular weight is 764 g/mol. The number of anilines is 1. The molecule has 282 valence electrons. The molecule has 1 fully saturated rings. The molecule has 13 heteroatoms. The second kappa shape index (κ2) is 18.2. The number of rotatable bonds is 16. The highest BCUT2D eigenvalue weighted by Gasteiger charge is 2.37. The molecule has 2 amide bonds. The maximum Gasteiger partial charge on any atom is 0.265 e. The highest BCUT2D eigenvalue weighted by molar-refractivity contribution is 7.92.